The molecule has 0 radical (unpaired) electrons. The molecule has 1 aliphatic heterocycles. The first-order valence-electron chi connectivity index (χ1n) is 7.12. The van der Waals surface area contributed by atoms with E-state index < -0.39 is 0 Å². The number of ether oxygens (including phenoxy) is 1. The SMILES string of the molecule is CC(=O)SCC1CN(c2cc(=O)n3ccccc3n2)CCO1. The number of hydrogen-bond acceptors (Lipinski definition) is 6. The van der Waals surface area contributed by atoms with Crippen LogP contribution in [0, 0.1) is 0 Å². The maximum Gasteiger partial charge on any atom is 0.259 e. The molecule has 2 aromatic heterocycles. The van der Waals surface area contributed by atoms with Crippen LogP contribution < -0.4 is 10.5 Å². The van der Waals surface area contributed by atoms with Crippen molar-refractivity contribution < 1.29 is 9.53 Å². The van der Waals surface area contributed by atoms with Gasteiger partial charge in [0.25, 0.3) is 5.56 Å². The molecule has 1 aliphatic rings. The van der Waals surface area contributed by atoms with Gasteiger partial charge in [-0.15, -0.1) is 0 Å². The van der Waals surface area contributed by atoms with Gasteiger partial charge >= 0.3 is 0 Å². The average molecular weight is 319 g/mol. The molecule has 0 N–H and O–H groups in total. The summed E-state index contributed by atoms with van der Waals surface area (Å²) in [5.41, 5.74) is 0.535. The minimum absolute atomic E-state index is 0.0290. The van der Waals surface area contributed by atoms with E-state index in [1.165, 1.54) is 16.2 Å². The van der Waals surface area contributed by atoms with Crippen LogP contribution in [0.25, 0.3) is 5.65 Å². The lowest BCUT2D eigenvalue weighted by Crippen LogP contribution is -2.44. The Kier molecular flexibility index (Phi) is 4.44. The van der Waals surface area contributed by atoms with Crippen molar-refractivity contribution in [3.05, 3.63) is 40.8 Å². The van der Waals surface area contributed by atoms with E-state index in [1.807, 2.05) is 17.0 Å². The Bertz CT molecular complexity index is 746. The smallest absolute Gasteiger partial charge is 0.259 e. The summed E-state index contributed by atoms with van der Waals surface area (Å²) in [5.74, 6) is 1.29. The predicted octanol–water partition coefficient (Wildman–Crippen LogP) is 1.18. The van der Waals surface area contributed by atoms with Gasteiger partial charge in [-0.25, -0.2) is 4.98 Å². The highest BCUT2D eigenvalue weighted by Gasteiger charge is 2.22. The van der Waals surface area contributed by atoms with Gasteiger partial charge < -0.3 is 9.64 Å². The molecule has 0 bridgehead atoms. The van der Waals surface area contributed by atoms with Crippen molar-refractivity contribution in [1.82, 2.24) is 9.38 Å². The number of thioether (sulfide) groups is 1. The minimum atomic E-state index is -0.0956. The number of nitrogens with zero attached hydrogens (tertiary/aromatic N) is 3. The number of morpholine rings is 1. The standard InChI is InChI=1S/C15H17N3O3S/c1-11(19)22-10-12-9-17(6-7-21-12)14-8-15(20)18-5-3-2-4-13(18)16-14/h2-5,8,12H,6-7,9-10H2,1H3. The number of anilines is 1. The number of carbonyl (C=O) groups excluding carboxylic acids is 1. The Morgan fingerprint density at radius 1 is 1.50 bits per heavy atom. The van der Waals surface area contributed by atoms with Crippen molar-refractivity contribution in [3.8, 4) is 0 Å². The molecule has 7 heteroatoms. The largest absolute Gasteiger partial charge is 0.374 e. The van der Waals surface area contributed by atoms with Crippen LogP contribution in [0.3, 0.4) is 0 Å². The summed E-state index contributed by atoms with van der Waals surface area (Å²) < 4.78 is 7.19. The van der Waals surface area contributed by atoms with Crippen LogP contribution in [0.1, 0.15) is 6.92 Å². The van der Waals surface area contributed by atoms with E-state index in [9.17, 15) is 9.59 Å². The highest BCUT2D eigenvalue weighted by Crippen LogP contribution is 2.17. The lowest BCUT2D eigenvalue weighted by Gasteiger charge is -2.33. The molecule has 0 spiro atoms. The van der Waals surface area contributed by atoms with Crippen molar-refractivity contribution in [2.24, 2.45) is 0 Å². The molecular weight excluding hydrogens is 302 g/mol. The van der Waals surface area contributed by atoms with Crippen molar-refractivity contribution in [3.63, 3.8) is 0 Å². The summed E-state index contributed by atoms with van der Waals surface area (Å²) in [6.07, 6.45) is 1.68. The van der Waals surface area contributed by atoms with Crippen LogP contribution in [0.15, 0.2) is 35.3 Å². The Labute approximate surface area is 132 Å². The Morgan fingerprint density at radius 3 is 3.18 bits per heavy atom. The molecule has 0 saturated carbocycles. The van der Waals surface area contributed by atoms with Gasteiger partial charge in [0.2, 0.25) is 0 Å². The van der Waals surface area contributed by atoms with Gasteiger partial charge in [-0.3, -0.25) is 14.0 Å². The Hall–Kier alpha value is -1.86. The minimum Gasteiger partial charge on any atom is -0.374 e. The van der Waals surface area contributed by atoms with Gasteiger partial charge in [0.05, 0.1) is 12.7 Å². The first-order valence-corrected chi connectivity index (χ1v) is 8.10. The average Bonchev–Trinajstić information content (AvgIpc) is 2.53. The fourth-order valence-electron chi connectivity index (χ4n) is 2.44. The van der Waals surface area contributed by atoms with E-state index >= 15 is 0 Å². The molecule has 22 heavy (non-hydrogen) atoms. The molecule has 1 saturated heterocycles. The topological polar surface area (TPSA) is 63.9 Å². The molecule has 0 amide bonds. The summed E-state index contributed by atoms with van der Waals surface area (Å²) >= 11 is 1.26. The second-order valence-corrected chi connectivity index (χ2v) is 6.32. The molecule has 3 heterocycles. The van der Waals surface area contributed by atoms with Crippen molar-refractivity contribution in [2.45, 2.75) is 13.0 Å². The maximum absolute atomic E-state index is 12.2. The molecule has 1 fully saturated rings. The van der Waals surface area contributed by atoms with Crippen LogP contribution in [0.5, 0.6) is 0 Å². The molecule has 0 aromatic carbocycles. The number of rotatable bonds is 3. The lowest BCUT2D eigenvalue weighted by atomic mass is 10.3. The number of hydrogen-bond donors (Lipinski definition) is 0. The van der Waals surface area contributed by atoms with Gasteiger partial charge in [0.15, 0.2) is 5.12 Å². The first-order chi connectivity index (χ1) is 10.6. The molecule has 116 valence electrons. The second-order valence-electron chi connectivity index (χ2n) is 5.12. The molecule has 2 aromatic rings. The monoisotopic (exact) mass is 319 g/mol. The summed E-state index contributed by atoms with van der Waals surface area (Å²) in [6.45, 7) is 3.45. The molecular formula is C15H17N3O3S. The molecule has 0 aliphatic carbocycles. The molecule has 6 nitrogen and oxygen atoms in total. The third-order valence-electron chi connectivity index (χ3n) is 3.49. The fourth-order valence-corrected chi connectivity index (χ4v) is 3.06. The Balaban J connectivity index is 1.81. The number of pyridine rings is 1. The molecule has 1 unspecified atom stereocenters. The van der Waals surface area contributed by atoms with Crippen LogP contribution in [0.2, 0.25) is 0 Å². The zero-order chi connectivity index (χ0) is 15.5. The second kappa shape index (κ2) is 6.50. The summed E-state index contributed by atoms with van der Waals surface area (Å²) in [7, 11) is 0. The van der Waals surface area contributed by atoms with Gasteiger partial charge in [-0.2, -0.15) is 0 Å². The Morgan fingerprint density at radius 2 is 2.36 bits per heavy atom. The zero-order valence-corrected chi connectivity index (χ0v) is 13.1. The number of fused-ring (bicyclic) bond motifs is 1. The molecule has 1 atom stereocenters. The van der Waals surface area contributed by atoms with E-state index in [-0.39, 0.29) is 16.8 Å². The van der Waals surface area contributed by atoms with Crippen molar-refractivity contribution >= 4 is 28.3 Å². The summed E-state index contributed by atoms with van der Waals surface area (Å²) in [6, 6.07) is 7.03. The van der Waals surface area contributed by atoms with E-state index in [0.29, 0.717) is 36.9 Å². The van der Waals surface area contributed by atoms with Crippen LogP contribution in [0.4, 0.5) is 5.82 Å². The third-order valence-corrected chi connectivity index (χ3v) is 4.44. The van der Waals surface area contributed by atoms with Crippen molar-refractivity contribution in [1.29, 1.82) is 0 Å². The van der Waals surface area contributed by atoms with Crippen molar-refractivity contribution in [2.75, 3.05) is 30.3 Å². The highest BCUT2D eigenvalue weighted by molar-refractivity contribution is 8.13. The van der Waals surface area contributed by atoms with Gasteiger partial charge in [0, 0.05) is 38.0 Å². The molecule has 3 rings (SSSR count). The van der Waals surface area contributed by atoms with Crippen LogP contribution in [-0.2, 0) is 9.53 Å². The third kappa shape index (κ3) is 3.31. The van der Waals surface area contributed by atoms with Gasteiger partial charge in [-0.1, -0.05) is 17.8 Å². The van der Waals surface area contributed by atoms with E-state index in [2.05, 4.69) is 4.98 Å². The van der Waals surface area contributed by atoms with Gasteiger partial charge in [-0.05, 0) is 12.1 Å². The van der Waals surface area contributed by atoms with E-state index in [4.69, 9.17) is 4.74 Å². The van der Waals surface area contributed by atoms with E-state index in [0.717, 1.165) is 0 Å². The van der Waals surface area contributed by atoms with E-state index in [1.54, 1.807) is 25.3 Å². The quantitative estimate of drug-likeness (QED) is 0.846. The maximum atomic E-state index is 12.2. The highest BCUT2D eigenvalue weighted by atomic mass is 32.2. The number of carbonyl (C=O) groups is 1. The predicted molar refractivity (Wildman–Crippen MR) is 86.6 cm³/mol. The number of aromatic nitrogens is 2. The first kappa shape index (κ1) is 15.1. The van der Waals surface area contributed by atoms with Crippen LogP contribution in [-0.4, -0.2) is 46.1 Å². The van der Waals surface area contributed by atoms with Gasteiger partial charge in [0.1, 0.15) is 11.5 Å². The fraction of sp³-hybridized carbons (Fsp3) is 0.400. The van der Waals surface area contributed by atoms with Crippen LogP contribution >= 0.6 is 11.8 Å². The zero-order valence-electron chi connectivity index (χ0n) is 12.3. The summed E-state index contributed by atoms with van der Waals surface area (Å²) in [4.78, 5) is 29.8. The summed E-state index contributed by atoms with van der Waals surface area (Å²) in [5, 5.41) is 0.0859. The normalized spacial score (nSPS) is 18.6. The lowest BCUT2D eigenvalue weighted by molar-refractivity contribution is -0.109.